The zero-order chi connectivity index (χ0) is 21.9. The molecule has 0 amide bonds. The molecule has 0 heterocycles. The van der Waals surface area contributed by atoms with E-state index in [1.807, 2.05) is 48.5 Å². The van der Waals surface area contributed by atoms with Crippen LogP contribution in [0.4, 0.5) is 0 Å². The number of hydrogen-bond acceptors (Lipinski definition) is 4. The van der Waals surface area contributed by atoms with E-state index in [0.29, 0.717) is 13.1 Å². The van der Waals surface area contributed by atoms with Gasteiger partial charge in [-0.05, 0) is 35.3 Å². The Morgan fingerprint density at radius 2 is 1.03 bits per heavy atom. The van der Waals surface area contributed by atoms with E-state index in [2.05, 4.69) is 36.8 Å². The summed E-state index contributed by atoms with van der Waals surface area (Å²) in [6.45, 7) is 16.4. The molecule has 0 aromatic heterocycles. The largest absolute Gasteiger partial charge is 0.387 e. The van der Waals surface area contributed by atoms with Crippen LogP contribution in [-0.4, -0.2) is 59.3 Å². The molecule has 0 bridgehead atoms. The van der Waals surface area contributed by atoms with Crippen LogP contribution in [0.1, 0.15) is 48.3 Å². The summed E-state index contributed by atoms with van der Waals surface area (Å²) in [5.41, 5.74) is 3.94. The van der Waals surface area contributed by atoms with Crippen molar-refractivity contribution >= 4 is 12.2 Å². The second-order valence-electron chi connectivity index (χ2n) is 7.56. The zero-order valence-corrected chi connectivity index (χ0v) is 18.4. The summed E-state index contributed by atoms with van der Waals surface area (Å²) < 4.78 is 0. The van der Waals surface area contributed by atoms with Crippen molar-refractivity contribution < 1.29 is 10.2 Å². The lowest BCUT2D eigenvalue weighted by atomic mass is 10.1. The fraction of sp³-hybridized carbons (Fsp3) is 0.385. The van der Waals surface area contributed by atoms with Gasteiger partial charge in [0.2, 0.25) is 0 Å². The minimum absolute atomic E-state index is 0.521. The predicted molar refractivity (Wildman–Crippen MR) is 127 cm³/mol. The number of aliphatic hydroxyl groups excluding tert-OH is 2. The monoisotopic (exact) mass is 408 g/mol. The molecule has 0 aliphatic rings. The third-order valence-corrected chi connectivity index (χ3v) is 5.60. The van der Waals surface area contributed by atoms with E-state index in [9.17, 15) is 10.2 Å². The van der Waals surface area contributed by atoms with Crippen LogP contribution in [0, 0.1) is 0 Å². The first kappa shape index (κ1) is 24.0. The quantitative estimate of drug-likeness (QED) is 0.516. The summed E-state index contributed by atoms with van der Waals surface area (Å²) in [4.78, 5) is 4.50. The molecule has 0 fully saturated rings. The number of aliphatic hydroxyl groups is 2. The number of benzene rings is 2. The predicted octanol–water partition coefficient (Wildman–Crippen LogP) is 4.38. The van der Waals surface area contributed by atoms with Gasteiger partial charge in [0.25, 0.3) is 0 Å². The standard InChI is InChI=1S/C26H36N2O2/c1-5-21-9-13-23(14-10-21)25(29)19-27(7-3)17-18-28(8-4)20-26(30)24-15-11-22(6-2)12-16-24/h5-6,9-16,25-26,29-30H,1-2,7-8,17-20H2,3-4H3. The highest BCUT2D eigenvalue weighted by atomic mass is 16.3. The molecule has 30 heavy (non-hydrogen) atoms. The third kappa shape index (κ3) is 7.22. The third-order valence-electron chi connectivity index (χ3n) is 5.60. The Morgan fingerprint density at radius 3 is 1.30 bits per heavy atom. The molecule has 2 N–H and O–H groups in total. The maximum atomic E-state index is 10.6. The van der Waals surface area contributed by atoms with Gasteiger partial charge in [0, 0.05) is 26.2 Å². The van der Waals surface area contributed by atoms with Crippen molar-refractivity contribution in [1.29, 1.82) is 0 Å². The number of likely N-dealkylation sites (N-methyl/N-ethyl adjacent to an activating group) is 2. The molecule has 2 rings (SSSR count). The minimum atomic E-state index is -0.521. The number of hydrogen-bond donors (Lipinski definition) is 2. The van der Waals surface area contributed by atoms with Crippen molar-refractivity contribution in [3.63, 3.8) is 0 Å². The van der Waals surface area contributed by atoms with Gasteiger partial charge in [-0.25, -0.2) is 0 Å². The lowest BCUT2D eigenvalue weighted by Gasteiger charge is -2.29. The molecule has 2 aromatic carbocycles. The van der Waals surface area contributed by atoms with Gasteiger partial charge in [-0.15, -0.1) is 0 Å². The van der Waals surface area contributed by atoms with Crippen LogP contribution in [-0.2, 0) is 0 Å². The number of rotatable bonds is 13. The van der Waals surface area contributed by atoms with Crippen LogP contribution in [0.2, 0.25) is 0 Å². The van der Waals surface area contributed by atoms with Crippen LogP contribution in [0.5, 0.6) is 0 Å². The molecule has 0 spiro atoms. The van der Waals surface area contributed by atoms with Crippen LogP contribution in [0.3, 0.4) is 0 Å². The van der Waals surface area contributed by atoms with Crippen molar-refractivity contribution in [2.75, 3.05) is 39.3 Å². The maximum Gasteiger partial charge on any atom is 0.0916 e. The molecule has 4 heteroatoms. The van der Waals surface area contributed by atoms with Gasteiger partial charge in [0.1, 0.15) is 0 Å². The molecule has 0 saturated heterocycles. The molecule has 0 saturated carbocycles. The van der Waals surface area contributed by atoms with Crippen molar-refractivity contribution in [3.05, 3.63) is 83.9 Å². The highest BCUT2D eigenvalue weighted by Gasteiger charge is 2.16. The summed E-state index contributed by atoms with van der Waals surface area (Å²) >= 11 is 0. The normalized spacial score (nSPS) is 13.4. The van der Waals surface area contributed by atoms with Crippen LogP contribution in [0.25, 0.3) is 12.2 Å². The van der Waals surface area contributed by atoms with Crippen molar-refractivity contribution in [3.8, 4) is 0 Å². The molecule has 162 valence electrons. The maximum absolute atomic E-state index is 10.6. The van der Waals surface area contributed by atoms with Crippen LogP contribution < -0.4 is 0 Å². The number of nitrogens with zero attached hydrogens (tertiary/aromatic N) is 2. The van der Waals surface area contributed by atoms with Crippen LogP contribution in [0.15, 0.2) is 61.7 Å². The Bertz CT molecular complexity index is 703. The Hall–Kier alpha value is -2.24. The van der Waals surface area contributed by atoms with Gasteiger partial charge < -0.3 is 10.2 Å². The Labute approximate surface area is 181 Å². The molecule has 2 unspecified atom stereocenters. The lowest BCUT2D eigenvalue weighted by molar-refractivity contribution is 0.0886. The fourth-order valence-electron chi connectivity index (χ4n) is 3.45. The fourth-order valence-corrected chi connectivity index (χ4v) is 3.45. The molecule has 2 atom stereocenters. The van der Waals surface area contributed by atoms with E-state index < -0.39 is 12.2 Å². The lowest BCUT2D eigenvalue weighted by Crippen LogP contribution is -2.38. The van der Waals surface area contributed by atoms with Gasteiger partial charge in [-0.1, -0.05) is 87.7 Å². The molecular formula is C26H36N2O2. The van der Waals surface area contributed by atoms with Crippen molar-refractivity contribution in [2.45, 2.75) is 26.1 Å². The summed E-state index contributed by atoms with van der Waals surface area (Å²) in [6, 6.07) is 15.7. The first-order chi connectivity index (χ1) is 14.5. The first-order valence-corrected chi connectivity index (χ1v) is 10.8. The molecule has 0 radical (unpaired) electrons. The molecule has 2 aromatic rings. The molecule has 4 nitrogen and oxygen atoms in total. The van der Waals surface area contributed by atoms with Crippen molar-refractivity contribution in [2.24, 2.45) is 0 Å². The Kier molecular flexibility index (Phi) is 9.98. The zero-order valence-electron chi connectivity index (χ0n) is 18.4. The average Bonchev–Trinajstić information content (AvgIpc) is 2.80. The first-order valence-electron chi connectivity index (χ1n) is 10.8. The van der Waals surface area contributed by atoms with Gasteiger partial charge in [0.05, 0.1) is 12.2 Å². The SMILES string of the molecule is C=Cc1ccc(C(O)CN(CC)CCN(CC)CC(O)c2ccc(C=C)cc2)cc1. The Balaban J connectivity index is 1.87. The highest BCUT2D eigenvalue weighted by Crippen LogP contribution is 2.17. The minimum Gasteiger partial charge on any atom is -0.387 e. The van der Waals surface area contributed by atoms with Gasteiger partial charge >= 0.3 is 0 Å². The summed E-state index contributed by atoms with van der Waals surface area (Å²) in [5, 5.41) is 21.2. The molecule has 0 aliphatic heterocycles. The van der Waals surface area contributed by atoms with Crippen molar-refractivity contribution in [1.82, 2.24) is 9.80 Å². The van der Waals surface area contributed by atoms with E-state index in [0.717, 1.165) is 48.4 Å². The van der Waals surface area contributed by atoms with E-state index in [1.165, 1.54) is 0 Å². The van der Waals surface area contributed by atoms with Crippen LogP contribution >= 0.6 is 0 Å². The summed E-state index contributed by atoms with van der Waals surface area (Å²) in [7, 11) is 0. The second kappa shape index (κ2) is 12.5. The van der Waals surface area contributed by atoms with E-state index in [-0.39, 0.29) is 0 Å². The Morgan fingerprint density at radius 1 is 0.700 bits per heavy atom. The van der Waals surface area contributed by atoms with E-state index in [4.69, 9.17) is 0 Å². The van der Waals surface area contributed by atoms with Gasteiger partial charge in [0.15, 0.2) is 0 Å². The summed E-state index contributed by atoms with van der Waals surface area (Å²) in [5.74, 6) is 0. The van der Waals surface area contributed by atoms with E-state index in [1.54, 1.807) is 12.2 Å². The van der Waals surface area contributed by atoms with Gasteiger partial charge in [-0.2, -0.15) is 0 Å². The van der Waals surface area contributed by atoms with Gasteiger partial charge in [-0.3, -0.25) is 9.80 Å². The topological polar surface area (TPSA) is 46.9 Å². The molecular weight excluding hydrogens is 372 g/mol. The average molecular weight is 409 g/mol. The van der Waals surface area contributed by atoms with E-state index >= 15 is 0 Å². The highest BCUT2D eigenvalue weighted by molar-refractivity contribution is 5.48. The smallest absolute Gasteiger partial charge is 0.0916 e. The molecule has 0 aliphatic carbocycles. The second-order valence-corrected chi connectivity index (χ2v) is 7.56. The summed E-state index contributed by atoms with van der Waals surface area (Å²) in [6.07, 6.45) is 2.56.